The molecule has 1 unspecified atom stereocenters. The molecule has 0 heterocycles. The molecule has 10 heteroatoms. The fourth-order valence-electron chi connectivity index (χ4n) is 2.29. The Balaban J connectivity index is 2.41. The second-order valence-corrected chi connectivity index (χ2v) is 7.11. The highest BCUT2D eigenvalue weighted by Crippen LogP contribution is 2.06. The smallest absolute Gasteiger partial charge is 0.326 e. The fourth-order valence-corrected chi connectivity index (χ4v) is 2.29. The number of aliphatic hydroxyl groups is 1. The molecule has 1 aromatic carbocycles. The monoisotopic (exact) mass is 425 g/mol. The molecular weight excluding hydrogens is 394 g/mol. The molecule has 10 nitrogen and oxygen atoms in total. The quantitative estimate of drug-likeness (QED) is 0.254. The molecule has 0 aromatic heterocycles. The van der Waals surface area contributed by atoms with Crippen LogP contribution in [0.2, 0.25) is 0 Å². The molecule has 168 valence electrons. The molecule has 0 aliphatic heterocycles. The van der Waals surface area contributed by atoms with Crippen LogP contribution in [0.25, 0.3) is 0 Å². The van der Waals surface area contributed by atoms with E-state index < -0.39 is 54.3 Å². The highest BCUT2D eigenvalue weighted by Gasteiger charge is 2.29. The Labute approximate surface area is 175 Å². The van der Waals surface area contributed by atoms with Crippen molar-refractivity contribution in [2.45, 2.75) is 63.6 Å². The van der Waals surface area contributed by atoms with E-state index in [9.17, 15) is 19.5 Å². The minimum absolute atomic E-state index is 0.246. The summed E-state index contributed by atoms with van der Waals surface area (Å²) < 4.78 is 15.2. The molecule has 0 spiro atoms. The van der Waals surface area contributed by atoms with Gasteiger partial charge in [0.25, 0.3) is 0 Å². The number of rotatable bonds is 11. The van der Waals surface area contributed by atoms with E-state index in [4.69, 9.17) is 31.4 Å². The molecule has 0 radical (unpaired) electrons. The topological polar surface area (TPSA) is 177 Å². The molecule has 1 aromatic rings. The largest absolute Gasteiger partial charge is 0.460 e. The van der Waals surface area contributed by atoms with Gasteiger partial charge in [-0.3, -0.25) is 14.4 Å². The number of nitrogens with two attached hydrogens (primary N) is 3. The van der Waals surface area contributed by atoms with Crippen LogP contribution in [0.5, 0.6) is 0 Å². The van der Waals surface area contributed by atoms with Crippen molar-refractivity contribution in [1.29, 1.82) is 0 Å². The lowest BCUT2D eigenvalue weighted by Crippen LogP contribution is -2.48. The first kappa shape index (κ1) is 25.5. The number of hydrogen-bond donors (Lipinski definition) is 4. The third-order valence-electron chi connectivity index (χ3n) is 4.25. The van der Waals surface area contributed by atoms with Crippen LogP contribution in [-0.2, 0) is 35.0 Å². The summed E-state index contributed by atoms with van der Waals surface area (Å²) >= 11 is 0. The molecule has 0 aliphatic rings. The maximum Gasteiger partial charge on any atom is 0.326 e. The predicted octanol–water partition coefficient (Wildman–Crippen LogP) is -1.00. The molecule has 0 saturated carbocycles. The summed E-state index contributed by atoms with van der Waals surface area (Å²) in [5.74, 6) is -2.37. The molecule has 0 aliphatic carbocycles. The Morgan fingerprint density at radius 3 is 2.07 bits per heavy atom. The lowest BCUT2D eigenvalue weighted by atomic mass is 10.1. The highest BCUT2D eigenvalue weighted by atomic mass is 16.6. The minimum Gasteiger partial charge on any atom is -0.460 e. The number of esters is 3. The maximum atomic E-state index is 12.1. The Hall–Kier alpha value is -2.53. The summed E-state index contributed by atoms with van der Waals surface area (Å²) in [6, 6.07) is 5.85. The van der Waals surface area contributed by atoms with Gasteiger partial charge in [-0.1, -0.05) is 30.3 Å². The van der Waals surface area contributed by atoms with Crippen LogP contribution in [0.15, 0.2) is 30.3 Å². The van der Waals surface area contributed by atoms with Gasteiger partial charge in [0, 0.05) is 0 Å². The summed E-state index contributed by atoms with van der Waals surface area (Å²) in [7, 11) is 0. The van der Waals surface area contributed by atoms with Gasteiger partial charge >= 0.3 is 17.9 Å². The van der Waals surface area contributed by atoms with E-state index in [1.807, 2.05) is 30.3 Å². The van der Waals surface area contributed by atoms with Crippen molar-refractivity contribution in [3.63, 3.8) is 0 Å². The molecule has 0 amide bonds. The number of carbonyl (C=O) groups is 3. The van der Waals surface area contributed by atoms with Gasteiger partial charge in [0.2, 0.25) is 0 Å². The van der Waals surface area contributed by atoms with E-state index in [1.165, 1.54) is 20.8 Å². The standard InChI is InChI=1S/C20H31N3O7/c1-11(29-18(25)15(21)9-14-7-5-4-6-8-14)10-28-19(26)17(23)13(3)30-20(27)16(22)12(2)24/h4-8,11-13,15-17,24H,9-10,21-23H2,1-3H3/t11?,12-,13-,15+,16+,17+/m1/s1. The molecule has 0 bridgehead atoms. The molecule has 1 rings (SSSR count). The van der Waals surface area contributed by atoms with Crippen LogP contribution in [0, 0.1) is 0 Å². The van der Waals surface area contributed by atoms with Crippen molar-refractivity contribution in [3.05, 3.63) is 35.9 Å². The van der Waals surface area contributed by atoms with E-state index in [1.54, 1.807) is 0 Å². The van der Waals surface area contributed by atoms with E-state index in [2.05, 4.69) is 0 Å². The molecular formula is C20H31N3O7. The summed E-state index contributed by atoms with van der Waals surface area (Å²) in [4.78, 5) is 35.9. The predicted molar refractivity (Wildman–Crippen MR) is 108 cm³/mol. The van der Waals surface area contributed by atoms with Crippen molar-refractivity contribution in [3.8, 4) is 0 Å². The maximum absolute atomic E-state index is 12.1. The molecule has 0 saturated heterocycles. The van der Waals surface area contributed by atoms with Crippen molar-refractivity contribution < 1.29 is 33.7 Å². The summed E-state index contributed by atoms with van der Waals surface area (Å²) in [5, 5.41) is 9.29. The first-order chi connectivity index (χ1) is 14.0. The third kappa shape index (κ3) is 8.46. The molecule has 7 N–H and O–H groups in total. The first-order valence-corrected chi connectivity index (χ1v) is 9.59. The number of benzene rings is 1. The van der Waals surface area contributed by atoms with Crippen LogP contribution in [0.1, 0.15) is 26.3 Å². The van der Waals surface area contributed by atoms with E-state index >= 15 is 0 Å². The minimum atomic E-state index is -1.28. The molecule has 30 heavy (non-hydrogen) atoms. The van der Waals surface area contributed by atoms with Gasteiger partial charge < -0.3 is 36.5 Å². The number of ether oxygens (including phenoxy) is 3. The Morgan fingerprint density at radius 1 is 0.900 bits per heavy atom. The number of hydrogen-bond acceptors (Lipinski definition) is 10. The van der Waals surface area contributed by atoms with E-state index in [0.717, 1.165) is 5.56 Å². The summed E-state index contributed by atoms with van der Waals surface area (Å²) in [6.07, 6.45) is -2.59. The van der Waals surface area contributed by atoms with Crippen molar-refractivity contribution in [2.75, 3.05) is 6.61 Å². The van der Waals surface area contributed by atoms with Gasteiger partial charge in [-0.05, 0) is 32.8 Å². The Morgan fingerprint density at radius 2 is 1.50 bits per heavy atom. The third-order valence-corrected chi connectivity index (χ3v) is 4.25. The van der Waals surface area contributed by atoms with Gasteiger partial charge in [0.1, 0.15) is 36.9 Å². The fraction of sp³-hybridized carbons (Fsp3) is 0.550. The van der Waals surface area contributed by atoms with Gasteiger partial charge in [-0.25, -0.2) is 0 Å². The Kier molecular flexibility index (Phi) is 10.4. The SMILES string of the molecule is CC(COC(=O)[C@@H](N)[C@@H](C)OC(=O)[C@@H](N)[C@@H](C)O)OC(=O)[C@@H](N)Cc1ccccc1. The second kappa shape index (κ2) is 12.2. The zero-order valence-electron chi connectivity index (χ0n) is 17.4. The van der Waals surface area contributed by atoms with Crippen LogP contribution >= 0.6 is 0 Å². The van der Waals surface area contributed by atoms with Crippen LogP contribution in [-0.4, -0.2) is 66.1 Å². The Bertz CT molecular complexity index is 699. The van der Waals surface area contributed by atoms with Gasteiger partial charge in [-0.2, -0.15) is 0 Å². The van der Waals surface area contributed by atoms with Crippen LogP contribution < -0.4 is 17.2 Å². The average molecular weight is 425 g/mol. The summed E-state index contributed by atoms with van der Waals surface area (Å²) in [6.45, 7) is 4.02. The lowest BCUT2D eigenvalue weighted by Gasteiger charge is -2.22. The summed E-state index contributed by atoms with van der Waals surface area (Å²) in [5.41, 5.74) is 17.9. The average Bonchev–Trinajstić information content (AvgIpc) is 2.71. The van der Waals surface area contributed by atoms with Crippen LogP contribution in [0.4, 0.5) is 0 Å². The van der Waals surface area contributed by atoms with Crippen molar-refractivity contribution in [2.24, 2.45) is 17.2 Å². The van der Waals surface area contributed by atoms with Crippen molar-refractivity contribution in [1.82, 2.24) is 0 Å². The van der Waals surface area contributed by atoms with E-state index in [0.29, 0.717) is 6.42 Å². The zero-order valence-corrected chi connectivity index (χ0v) is 17.4. The number of aliphatic hydroxyl groups excluding tert-OH is 1. The second-order valence-electron chi connectivity index (χ2n) is 7.11. The molecule has 6 atom stereocenters. The first-order valence-electron chi connectivity index (χ1n) is 9.59. The molecule has 0 fully saturated rings. The normalized spacial score (nSPS) is 17.0. The van der Waals surface area contributed by atoms with Crippen molar-refractivity contribution >= 4 is 17.9 Å². The van der Waals surface area contributed by atoms with E-state index in [-0.39, 0.29) is 6.61 Å². The lowest BCUT2D eigenvalue weighted by molar-refractivity contribution is -0.164. The number of carbonyl (C=O) groups excluding carboxylic acids is 3. The highest BCUT2D eigenvalue weighted by molar-refractivity contribution is 5.79. The van der Waals surface area contributed by atoms with Crippen LogP contribution in [0.3, 0.4) is 0 Å². The van der Waals surface area contributed by atoms with Gasteiger partial charge in [-0.15, -0.1) is 0 Å². The zero-order chi connectivity index (χ0) is 22.8. The van der Waals surface area contributed by atoms with Gasteiger partial charge in [0.15, 0.2) is 0 Å². The van der Waals surface area contributed by atoms with Gasteiger partial charge in [0.05, 0.1) is 6.10 Å².